The van der Waals surface area contributed by atoms with Gasteiger partial charge >= 0.3 is 0 Å². The van der Waals surface area contributed by atoms with Gasteiger partial charge in [-0.1, -0.05) is 0 Å². The van der Waals surface area contributed by atoms with E-state index in [1.54, 1.807) is 6.20 Å². The summed E-state index contributed by atoms with van der Waals surface area (Å²) in [5.41, 5.74) is 0.917. The lowest BCUT2D eigenvalue weighted by atomic mass is 9.99. The number of imidazole rings is 1. The zero-order valence-electron chi connectivity index (χ0n) is 12.6. The highest BCUT2D eigenvalue weighted by molar-refractivity contribution is 7.89. The van der Waals surface area contributed by atoms with Gasteiger partial charge in [-0.15, -0.1) is 0 Å². The Morgan fingerprint density at radius 3 is 2.74 bits per heavy atom. The number of benzene rings is 1. The number of hydrogen-bond acceptors (Lipinski definition) is 3. The van der Waals surface area contributed by atoms with Crippen LogP contribution in [-0.4, -0.2) is 35.8 Å². The standard InChI is InChI=1S/C15H17F2N3O2S/c1-10-8-18-15(19-10)11-3-2-6-20(9-11)23(21,22)12-4-5-13(16)14(17)7-12/h4-5,7-8,11H,2-3,6,9H2,1H3,(H,18,19). The molecule has 1 atom stereocenters. The number of hydrogen-bond donors (Lipinski definition) is 1. The van der Waals surface area contributed by atoms with Crippen molar-refractivity contribution in [3.8, 4) is 0 Å². The van der Waals surface area contributed by atoms with Gasteiger partial charge in [-0.3, -0.25) is 0 Å². The van der Waals surface area contributed by atoms with E-state index in [4.69, 9.17) is 0 Å². The fourth-order valence-corrected chi connectivity index (χ4v) is 4.35. The molecule has 1 N–H and O–H groups in total. The largest absolute Gasteiger partial charge is 0.346 e. The summed E-state index contributed by atoms with van der Waals surface area (Å²) in [5, 5.41) is 0. The van der Waals surface area contributed by atoms with Crippen LogP contribution >= 0.6 is 0 Å². The molecule has 0 amide bonds. The molecular weight excluding hydrogens is 324 g/mol. The summed E-state index contributed by atoms with van der Waals surface area (Å²) in [7, 11) is -3.85. The van der Waals surface area contributed by atoms with Crippen LogP contribution in [0.2, 0.25) is 0 Å². The maximum Gasteiger partial charge on any atom is 0.243 e. The number of sulfonamides is 1. The predicted octanol–water partition coefficient (Wildman–Crippen LogP) is 2.56. The number of aromatic amines is 1. The number of nitrogens with one attached hydrogen (secondary N) is 1. The number of halogens is 2. The van der Waals surface area contributed by atoms with Crippen LogP contribution in [0.1, 0.15) is 30.3 Å². The summed E-state index contributed by atoms with van der Waals surface area (Å²) >= 11 is 0. The zero-order chi connectivity index (χ0) is 16.6. The number of aryl methyl sites for hydroxylation is 1. The molecule has 1 saturated heterocycles. The van der Waals surface area contributed by atoms with Crippen molar-refractivity contribution >= 4 is 10.0 Å². The number of piperidine rings is 1. The first-order valence-corrected chi connectivity index (χ1v) is 8.78. The average Bonchev–Trinajstić information content (AvgIpc) is 2.96. The van der Waals surface area contributed by atoms with E-state index in [9.17, 15) is 17.2 Å². The molecule has 1 aliphatic heterocycles. The fourth-order valence-electron chi connectivity index (χ4n) is 2.81. The van der Waals surface area contributed by atoms with E-state index in [1.807, 2.05) is 6.92 Å². The smallest absolute Gasteiger partial charge is 0.243 e. The highest BCUT2D eigenvalue weighted by Crippen LogP contribution is 2.29. The highest BCUT2D eigenvalue weighted by atomic mass is 32.2. The van der Waals surface area contributed by atoms with E-state index in [2.05, 4.69) is 9.97 Å². The Balaban J connectivity index is 1.86. The molecule has 0 aliphatic carbocycles. The van der Waals surface area contributed by atoms with Crippen molar-refractivity contribution in [1.29, 1.82) is 0 Å². The predicted molar refractivity (Wildman–Crippen MR) is 80.4 cm³/mol. The minimum absolute atomic E-state index is 0.0301. The lowest BCUT2D eigenvalue weighted by Crippen LogP contribution is -2.39. The molecule has 0 spiro atoms. The van der Waals surface area contributed by atoms with E-state index < -0.39 is 21.7 Å². The van der Waals surface area contributed by atoms with Crippen molar-refractivity contribution in [2.45, 2.75) is 30.6 Å². The van der Waals surface area contributed by atoms with Crippen LogP contribution in [0.25, 0.3) is 0 Å². The molecule has 8 heteroatoms. The molecule has 1 aromatic heterocycles. The van der Waals surface area contributed by atoms with E-state index in [1.165, 1.54) is 4.31 Å². The Hall–Kier alpha value is -1.80. The average molecular weight is 341 g/mol. The summed E-state index contributed by atoms with van der Waals surface area (Å²) in [6.45, 7) is 2.51. The van der Waals surface area contributed by atoms with Crippen molar-refractivity contribution in [2.24, 2.45) is 0 Å². The molecular formula is C15H17F2N3O2S. The molecule has 124 valence electrons. The zero-order valence-corrected chi connectivity index (χ0v) is 13.4. The topological polar surface area (TPSA) is 66.1 Å². The molecule has 0 radical (unpaired) electrons. The van der Waals surface area contributed by atoms with E-state index in [0.29, 0.717) is 13.0 Å². The van der Waals surface area contributed by atoms with E-state index in [0.717, 1.165) is 36.1 Å². The van der Waals surface area contributed by atoms with Gasteiger partial charge in [0.2, 0.25) is 10.0 Å². The SMILES string of the molecule is Cc1cnc(C2CCCN(S(=O)(=O)c3ccc(F)c(F)c3)C2)[nH]1. The normalized spacial score (nSPS) is 19.9. The van der Waals surface area contributed by atoms with Crippen LogP contribution in [-0.2, 0) is 10.0 Å². The van der Waals surface area contributed by atoms with Gasteiger partial charge in [0, 0.05) is 30.9 Å². The summed E-state index contributed by atoms with van der Waals surface area (Å²) in [5.74, 6) is -1.50. The molecule has 1 unspecified atom stereocenters. The van der Waals surface area contributed by atoms with Gasteiger partial charge < -0.3 is 4.98 Å². The monoisotopic (exact) mass is 341 g/mol. The van der Waals surface area contributed by atoms with Crippen molar-refractivity contribution < 1.29 is 17.2 Å². The van der Waals surface area contributed by atoms with Gasteiger partial charge in [0.05, 0.1) is 4.90 Å². The first-order valence-electron chi connectivity index (χ1n) is 7.34. The van der Waals surface area contributed by atoms with Gasteiger partial charge in [-0.05, 0) is 38.0 Å². The molecule has 2 heterocycles. The minimum atomic E-state index is -3.85. The Morgan fingerprint density at radius 2 is 2.09 bits per heavy atom. The van der Waals surface area contributed by atoms with Crippen molar-refractivity contribution in [3.05, 3.63) is 47.5 Å². The highest BCUT2D eigenvalue weighted by Gasteiger charge is 2.32. The Morgan fingerprint density at radius 1 is 1.30 bits per heavy atom. The van der Waals surface area contributed by atoms with Crippen LogP contribution in [0.15, 0.2) is 29.3 Å². The molecule has 1 aliphatic rings. The third kappa shape index (κ3) is 3.13. The maximum atomic E-state index is 13.3. The van der Waals surface area contributed by atoms with Gasteiger partial charge in [-0.25, -0.2) is 22.2 Å². The summed E-state index contributed by atoms with van der Waals surface area (Å²) in [6, 6.07) is 2.65. The van der Waals surface area contributed by atoms with Crippen LogP contribution in [0, 0.1) is 18.6 Å². The van der Waals surface area contributed by atoms with Crippen molar-refractivity contribution in [3.63, 3.8) is 0 Å². The Labute approximate surface area is 133 Å². The van der Waals surface area contributed by atoms with Crippen molar-refractivity contribution in [1.82, 2.24) is 14.3 Å². The lowest BCUT2D eigenvalue weighted by Gasteiger charge is -2.31. The first kappa shape index (κ1) is 16.1. The number of nitrogens with zero attached hydrogens (tertiary/aromatic N) is 2. The van der Waals surface area contributed by atoms with Gasteiger partial charge in [0.15, 0.2) is 11.6 Å². The van der Waals surface area contributed by atoms with Crippen LogP contribution in [0.4, 0.5) is 8.78 Å². The molecule has 0 saturated carbocycles. The quantitative estimate of drug-likeness (QED) is 0.933. The number of H-pyrrole nitrogens is 1. The van der Waals surface area contributed by atoms with Crippen LogP contribution in [0.5, 0.6) is 0 Å². The molecule has 2 aromatic rings. The van der Waals surface area contributed by atoms with Gasteiger partial charge in [0.25, 0.3) is 0 Å². The molecule has 0 bridgehead atoms. The number of aromatic nitrogens is 2. The summed E-state index contributed by atoms with van der Waals surface area (Å²) in [6.07, 6.45) is 3.22. The first-order chi connectivity index (χ1) is 10.9. The lowest BCUT2D eigenvalue weighted by molar-refractivity contribution is 0.309. The third-order valence-electron chi connectivity index (χ3n) is 4.02. The molecule has 3 rings (SSSR count). The van der Waals surface area contributed by atoms with Crippen LogP contribution in [0.3, 0.4) is 0 Å². The minimum Gasteiger partial charge on any atom is -0.346 e. The second-order valence-corrected chi connectivity index (χ2v) is 7.67. The van der Waals surface area contributed by atoms with E-state index >= 15 is 0 Å². The summed E-state index contributed by atoms with van der Waals surface area (Å²) in [4.78, 5) is 7.17. The molecule has 23 heavy (non-hydrogen) atoms. The second kappa shape index (κ2) is 6.01. The van der Waals surface area contributed by atoms with Gasteiger partial charge in [-0.2, -0.15) is 4.31 Å². The van der Waals surface area contributed by atoms with Gasteiger partial charge in [0.1, 0.15) is 5.82 Å². The number of rotatable bonds is 3. The second-order valence-electron chi connectivity index (χ2n) is 5.73. The molecule has 5 nitrogen and oxygen atoms in total. The molecule has 1 fully saturated rings. The maximum absolute atomic E-state index is 13.3. The third-order valence-corrected chi connectivity index (χ3v) is 5.88. The Bertz CT molecular complexity index is 820. The summed E-state index contributed by atoms with van der Waals surface area (Å²) < 4.78 is 53.0. The van der Waals surface area contributed by atoms with Crippen LogP contribution < -0.4 is 0 Å². The Kier molecular flexibility index (Phi) is 4.20. The van der Waals surface area contributed by atoms with Crippen molar-refractivity contribution in [2.75, 3.05) is 13.1 Å². The van der Waals surface area contributed by atoms with E-state index in [-0.39, 0.29) is 17.4 Å². The fraction of sp³-hybridized carbons (Fsp3) is 0.400. The molecule has 1 aromatic carbocycles.